The highest BCUT2D eigenvalue weighted by molar-refractivity contribution is 6.33. The Balaban J connectivity index is 2.08. The summed E-state index contributed by atoms with van der Waals surface area (Å²) in [6.45, 7) is 3.07. The lowest BCUT2D eigenvalue weighted by Gasteiger charge is -2.17. The van der Waals surface area contributed by atoms with Crippen LogP contribution in [0.5, 0.6) is 0 Å². The zero-order valence-electron chi connectivity index (χ0n) is 14.4. The summed E-state index contributed by atoms with van der Waals surface area (Å²) >= 11 is 5.86. The standard InChI is InChI=1S/C18H17ClF3N3O2/c1-10(12-4-3-5-14(8-12)24-11(2)26)23-17(27)25-16-9-13(18(20,21)22)6-7-15(16)19/h3-10H,1-2H3,(H,24,26)(H2,23,25,27)/t10-/m0/s1. The summed E-state index contributed by atoms with van der Waals surface area (Å²) in [6.07, 6.45) is -4.55. The molecule has 0 aliphatic heterocycles. The van der Waals surface area contributed by atoms with Gasteiger partial charge >= 0.3 is 12.2 Å². The lowest BCUT2D eigenvalue weighted by atomic mass is 10.1. The van der Waals surface area contributed by atoms with Crippen LogP contribution in [0.3, 0.4) is 0 Å². The van der Waals surface area contributed by atoms with E-state index in [1.165, 1.54) is 6.92 Å². The molecule has 2 aromatic carbocycles. The number of carbonyl (C=O) groups excluding carboxylic acids is 2. The summed E-state index contributed by atoms with van der Waals surface area (Å²) in [5.74, 6) is -0.232. The number of anilines is 2. The molecule has 0 unspecified atom stereocenters. The third-order valence-electron chi connectivity index (χ3n) is 3.60. The van der Waals surface area contributed by atoms with E-state index in [-0.39, 0.29) is 16.6 Å². The molecule has 0 aliphatic rings. The minimum atomic E-state index is -4.55. The number of hydrogen-bond donors (Lipinski definition) is 3. The highest BCUT2D eigenvalue weighted by Crippen LogP contribution is 2.33. The monoisotopic (exact) mass is 399 g/mol. The van der Waals surface area contributed by atoms with Gasteiger partial charge in [0.1, 0.15) is 0 Å². The van der Waals surface area contributed by atoms with E-state index in [4.69, 9.17) is 11.6 Å². The van der Waals surface area contributed by atoms with Crippen LogP contribution in [-0.2, 0) is 11.0 Å². The van der Waals surface area contributed by atoms with Crippen molar-refractivity contribution in [3.8, 4) is 0 Å². The van der Waals surface area contributed by atoms with Gasteiger partial charge in [-0.3, -0.25) is 4.79 Å². The maximum atomic E-state index is 12.8. The quantitative estimate of drug-likeness (QED) is 0.661. The first-order chi connectivity index (χ1) is 12.6. The molecular formula is C18H17ClF3N3O2. The summed E-state index contributed by atoms with van der Waals surface area (Å²) in [4.78, 5) is 23.3. The Kier molecular flexibility index (Phi) is 6.32. The summed E-state index contributed by atoms with van der Waals surface area (Å²) in [7, 11) is 0. The highest BCUT2D eigenvalue weighted by atomic mass is 35.5. The van der Waals surface area contributed by atoms with Gasteiger partial charge in [-0.05, 0) is 42.8 Å². The van der Waals surface area contributed by atoms with E-state index >= 15 is 0 Å². The first kappa shape index (κ1) is 20.6. The van der Waals surface area contributed by atoms with Gasteiger partial charge in [-0.25, -0.2) is 4.79 Å². The molecule has 0 fully saturated rings. The summed E-state index contributed by atoms with van der Waals surface area (Å²) in [5, 5.41) is 7.54. The Bertz CT molecular complexity index is 856. The maximum absolute atomic E-state index is 12.8. The first-order valence-electron chi connectivity index (χ1n) is 7.88. The van der Waals surface area contributed by atoms with Crippen LogP contribution in [0.4, 0.5) is 29.3 Å². The van der Waals surface area contributed by atoms with Gasteiger partial charge in [0.25, 0.3) is 0 Å². The Morgan fingerprint density at radius 3 is 2.41 bits per heavy atom. The van der Waals surface area contributed by atoms with Crippen molar-refractivity contribution >= 4 is 34.9 Å². The van der Waals surface area contributed by atoms with Gasteiger partial charge in [0.05, 0.1) is 22.3 Å². The molecule has 2 rings (SSSR count). The average Bonchev–Trinajstić information content (AvgIpc) is 2.55. The maximum Gasteiger partial charge on any atom is 0.416 e. The van der Waals surface area contributed by atoms with Crippen LogP contribution in [0, 0.1) is 0 Å². The molecular weight excluding hydrogens is 383 g/mol. The zero-order valence-corrected chi connectivity index (χ0v) is 15.2. The van der Waals surface area contributed by atoms with Gasteiger partial charge < -0.3 is 16.0 Å². The van der Waals surface area contributed by atoms with E-state index in [1.807, 2.05) is 0 Å². The molecule has 3 amide bonds. The van der Waals surface area contributed by atoms with Crippen molar-refractivity contribution < 1.29 is 22.8 Å². The molecule has 1 atom stereocenters. The van der Waals surface area contributed by atoms with Crippen molar-refractivity contribution in [3.05, 3.63) is 58.6 Å². The molecule has 5 nitrogen and oxygen atoms in total. The van der Waals surface area contributed by atoms with Crippen molar-refractivity contribution in [2.45, 2.75) is 26.1 Å². The van der Waals surface area contributed by atoms with Gasteiger partial charge in [-0.15, -0.1) is 0 Å². The Morgan fingerprint density at radius 1 is 1.07 bits per heavy atom. The number of alkyl halides is 3. The molecule has 9 heteroatoms. The molecule has 0 aliphatic carbocycles. The third kappa shape index (κ3) is 5.89. The minimum Gasteiger partial charge on any atom is -0.331 e. The summed E-state index contributed by atoms with van der Waals surface area (Å²) in [6, 6.07) is 8.32. The number of urea groups is 1. The van der Waals surface area contributed by atoms with Crippen molar-refractivity contribution in [1.82, 2.24) is 5.32 Å². The largest absolute Gasteiger partial charge is 0.416 e. The molecule has 3 N–H and O–H groups in total. The molecule has 0 saturated carbocycles. The van der Waals surface area contributed by atoms with Crippen LogP contribution in [0.25, 0.3) is 0 Å². The van der Waals surface area contributed by atoms with Crippen LogP contribution in [0.2, 0.25) is 5.02 Å². The number of halogens is 4. The molecule has 144 valence electrons. The second-order valence-corrected chi connectivity index (χ2v) is 6.23. The lowest BCUT2D eigenvalue weighted by molar-refractivity contribution is -0.137. The van der Waals surface area contributed by atoms with Crippen LogP contribution >= 0.6 is 11.6 Å². The second-order valence-electron chi connectivity index (χ2n) is 5.82. The normalized spacial score (nSPS) is 12.2. The minimum absolute atomic E-state index is 0.0153. The zero-order chi connectivity index (χ0) is 20.2. The van der Waals surface area contributed by atoms with E-state index in [1.54, 1.807) is 31.2 Å². The van der Waals surface area contributed by atoms with Crippen molar-refractivity contribution in [2.24, 2.45) is 0 Å². The topological polar surface area (TPSA) is 70.2 Å². The second kappa shape index (κ2) is 8.30. The van der Waals surface area contributed by atoms with Crippen molar-refractivity contribution in [1.29, 1.82) is 0 Å². The van der Waals surface area contributed by atoms with Crippen molar-refractivity contribution in [3.63, 3.8) is 0 Å². The van der Waals surface area contributed by atoms with Gasteiger partial charge in [0.2, 0.25) is 5.91 Å². The number of carbonyl (C=O) groups is 2. The van der Waals surface area contributed by atoms with Gasteiger partial charge in [0, 0.05) is 12.6 Å². The number of nitrogens with one attached hydrogen (secondary N) is 3. The molecule has 27 heavy (non-hydrogen) atoms. The predicted molar refractivity (Wildman–Crippen MR) is 97.8 cm³/mol. The van der Waals surface area contributed by atoms with E-state index in [0.717, 1.165) is 18.2 Å². The number of rotatable bonds is 4. The average molecular weight is 400 g/mol. The third-order valence-corrected chi connectivity index (χ3v) is 3.93. The van der Waals surface area contributed by atoms with Crippen LogP contribution in [0.15, 0.2) is 42.5 Å². The van der Waals surface area contributed by atoms with Crippen LogP contribution < -0.4 is 16.0 Å². The number of amides is 3. The van der Waals surface area contributed by atoms with Crippen LogP contribution in [-0.4, -0.2) is 11.9 Å². The van der Waals surface area contributed by atoms with Gasteiger partial charge in [0.15, 0.2) is 0 Å². The molecule has 0 heterocycles. The number of hydrogen-bond acceptors (Lipinski definition) is 2. The first-order valence-corrected chi connectivity index (χ1v) is 8.26. The van der Waals surface area contributed by atoms with E-state index < -0.39 is 23.8 Å². The summed E-state index contributed by atoms with van der Waals surface area (Å²) < 4.78 is 38.4. The fourth-order valence-electron chi connectivity index (χ4n) is 2.32. The fourth-order valence-corrected chi connectivity index (χ4v) is 2.49. The van der Waals surface area contributed by atoms with Crippen molar-refractivity contribution in [2.75, 3.05) is 10.6 Å². The lowest BCUT2D eigenvalue weighted by Crippen LogP contribution is -2.31. The van der Waals surface area contributed by atoms with Gasteiger partial charge in [-0.1, -0.05) is 23.7 Å². The Hall–Kier alpha value is -2.74. The predicted octanol–water partition coefficient (Wildman–Crippen LogP) is 5.20. The van der Waals surface area contributed by atoms with E-state index in [9.17, 15) is 22.8 Å². The Labute approximate surface area is 158 Å². The molecule has 2 aromatic rings. The molecule has 0 saturated heterocycles. The molecule has 0 radical (unpaired) electrons. The summed E-state index contributed by atoms with van der Waals surface area (Å²) in [5.41, 5.74) is 0.197. The number of benzene rings is 2. The SMILES string of the molecule is CC(=O)Nc1cccc([C@H](C)NC(=O)Nc2cc(C(F)(F)F)ccc2Cl)c1. The smallest absolute Gasteiger partial charge is 0.331 e. The van der Waals surface area contributed by atoms with Crippen LogP contribution in [0.1, 0.15) is 31.0 Å². The molecule has 0 bridgehead atoms. The molecule has 0 aromatic heterocycles. The van der Waals surface area contributed by atoms with E-state index in [0.29, 0.717) is 11.3 Å². The fraction of sp³-hybridized carbons (Fsp3) is 0.222. The van der Waals surface area contributed by atoms with Gasteiger partial charge in [-0.2, -0.15) is 13.2 Å². The Morgan fingerprint density at radius 2 is 1.78 bits per heavy atom. The molecule has 0 spiro atoms. The highest BCUT2D eigenvalue weighted by Gasteiger charge is 2.31. The van der Waals surface area contributed by atoms with E-state index in [2.05, 4.69) is 16.0 Å².